The van der Waals surface area contributed by atoms with Gasteiger partial charge < -0.3 is 5.11 Å². The summed E-state index contributed by atoms with van der Waals surface area (Å²) in [6.07, 6.45) is 0. The summed E-state index contributed by atoms with van der Waals surface area (Å²) in [6, 6.07) is 7.11. The first kappa shape index (κ1) is 14.1. The number of H-pyrrole nitrogens is 1. The number of fused-ring (bicyclic) bond motifs is 1. The normalized spacial score (nSPS) is 12.0. The second kappa shape index (κ2) is 5.48. The Bertz CT molecular complexity index is 857. The van der Waals surface area contributed by atoms with Crippen molar-refractivity contribution in [1.29, 1.82) is 0 Å². The molecule has 0 aliphatic rings. The number of thiophene rings is 1. The van der Waals surface area contributed by atoms with Gasteiger partial charge >= 0.3 is 0 Å². The number of hydrogen-bond acceptors (Lipinski definition) is 7. The van der Waals surface area contributed by atoms with E-state index in [2.05, 4.69) is 25.3 Å². The van der Waals surface area contributed by atoms with Gasteiger partial charge in [0.2, 0.25) is 10.0 Å². The van der Waals surface area contributed by atoms with E-state index in [1.165, 1.54) is 11.3 Å². The third-order valence-corrected chi connectivity index (χ3v) is 5.65. The van der Waals surface area contributed by atoms with Crippen LogP contribution >= 0.6 is 11.3 Å². The fourth-order valence-electron chi connectivity index (χ4n) is 1.96. The molecule has 0 spiro atoms. The van der Waals surface area contributed by atoms with Crippen molar-refractivity contribution in [3.63, 3.8) is 0 Å². The van der Waals surface area contributed by atoms with E-state index in [4.69, 9.17) is 0 Å². The fraction of sp³-hybridized carbons (Fsp3) is 0.182. The Hall–Kier alpha value is -1.88. The maximum absolute atomic E-state index is 12.5. The first-order chi connectivity index (χ1) is 10.1. The van der Waals surface area contributed by atoms with Gasteiger partial charge in [0.1, 0.15) is 4.90 Å². The average molecular weight is 325 g/mol. The predicted octanol–water partition coefficient (Wildman–Crippen LogP) is 0.385. The van der Waals surface area contributed by atoms with Crippen LogP contribution in [-0.4, -0.2) is 34.1 Å². The Morgan fingerprint density at radius 1 is 1.33 bits per heavy atom. The summed E-state index contributed by atoms with van der Waals surface area (Å²) >= 11 is 1.26. The quantitative estimate of drug-likeness (QED) is 0.624. The van der Waals surface area contributed by atoms with Crippen molar-refractivity contribution in [1.82, 2.24) is 25.3 Å². The average Bonchev–Trinajstić information content (AvgIpc) is 3.12. The number of nitrogens with zero attached hydrogens (tertiary/aromatic N) is 3. The molecule has 110 valence electrons. The maximum Gasteiger partial charge on any atom is 0.242 e. The molecule has 3 aromatic rings. The van der Waals surface area contributed by atoms with Gasteiger partial charge in [0.25, 0.3) is 0 Å². The lowest BCUT2D eigenvalue weighted by Crippen LogP contribution is -2.24. The SMILES string of the molecule is O=S(=O)(NCc1nn[nH]n1)c1c(CO)sc2ccccc12. The van der Waals surface area contributed by atoms with E-state index in [1.54, 1.807) is 12.1 Å². The molecule has 21 heavy (non-hydrogen) atoms. The van der Waals surface area contributed by atoms with E-state index in [-0.39, 0.29) is 23.9 Å². The van der Waals surface area contributed by atoms with Crippen molar-refractivity contribution in [3.8, 4) is 0 Å². The minimum Gasteiger partial charge on any atom is -0.391 e. The minimum absolute atomic E-state index is 0.0755. The van der Waals surface area contributed by atoms with Crippen LogP contribution in [0, 0.1) is 0 Å². The summed E-state index contributed by atoms with van der Waals surface area (Å²) < 4.78 is 28.2. The number of aliphatic hydroxyl groups excluding tert-OH is 1. The predicted molar refractivity (Wildman–Crippen MR) is 76.0 cm³/mol. The second-order valence-corrected chi connectivity index (χ2v) is 7.00. The Labute approximate surface area is 123 Å². The molecule has 0 aliphatic heterocycles. The number of rotatable bonds is 5. The summed E-state index contributed by atoms with van der Waals surface area (Å²) in [7, 11) is -3.78. The van der Waals surface area contributed by atoms with Crippen molar-refractivity contribution in [2.24, 2.45) is 0 Å². The van der Waals surface area contributed by atoms with Crippen LogP contribution in [0.3, 0.4) is 0 Å². The van der Waals surface area contributed by atoms with Gasteiger partial charge in [-0.05, 0) is 6.07 Å². The molecule has 0 bridgehead atoms. The van der Waals surface area contributed by atoms with Crippen LogP contribution in [0.1, 0.15) is 10.7 Å². The van der Waals surface area contributed by atoms with Crippen LogP contribution in [0.15, 0.2) is 29.2 Å². The Balaban J connectivity index is 2.01. The zero-order chi connectivity index (χ0) is 14.9. The number of sulfonamides is 1. The van der Waals surface area contributed by atoms with E-state index < -0.39 is 10.0 Å². The van der Waals surface area contributed by atoms with Crippen LogP contribution in [-0.2, 0) is 23.2 Å². The number of aromatic nitrogens is 4. The molecule has 3 rings (SSSR count). The third kappa shape index (κ3) is 2.65. The number of benzene rings is 1. The molecule has 8 nitrogen and oxygen atoms in total. The zero-order valence-electron chi connectivity index (χ0n) is 10.6. The van der Waals surface area contributed by atoms with Crippen molar-refractivity contribution in [3.05, 3.63) is 35.0 Å². The van der Waals surface area contributed by atoms with Gasteiger partial charge in [0, 0.05) is 10.1 Å². The molecule has 0 saturated carbocycles. The Morgan fingerprint density at radius 2 is 2.14 bits per heavy atom. The molecule has 1 aromatic carbocycles. The van der Waals surface area contributed by atoms with Crippen LogP contribution in [0.5, 0.6) is 0 Å². The van der Waals surface area contributed by atoms with Gasteiger partial charge in [-0.1, -0.05) is 23.4 Å². The second-order valence-electron chi connectivity index (χ2n) is 4.16. The number of aromatic amines is 1. The Morgan fingerprint density at radius 3 is 2.86 bits per heavy atom. The summed E-state index contributed by atoms with van der Waals surface area (Å²) in [5.74, 6) is 0.239. The first-order valence-electron chi connectivity index (χ1n) is 5.95. The van der Waals surface area contributed by atoms with Crippen LogP contribution < -0.4 is 4.72 Å². The van der Waals surface area contributed by atoms with Gasteiger partial charge in [-0.15, -0.1) is 21.5 Å². The number of hydrogen-bond donors (Lipinski definition) is 3. The monoisotopic (exact) mass is 325 g/mol. The summed E-state index contributed by atoms with van der Waals surface area (Å²) in [5.41, 5.74) is 0. The minimum atomic E-state index is -3.78. The van der Waals surface area contributed by atoms with E-state index >= 15 is 0 Å². The molecule has 0 radical (unpaired) electrons. The Kier molecular flexibility index (Phi) is 3.68. The largest absolute Gasteiger partial charge is 0.391 e. The number of aliphatic hydroxyl groups is 1. The zero-order valence-corrected chi connectivity index (χ0v) is 12.3. The number of tetrazole rings is 1. The fourth-order valence-corrected chi connectivity index (χ4v) is 4.73. The third-order valence-electron chi connectivity index (χ3n) is 2.84. The molecule has 0 saturated heterocycles. The highest BCUT2D eigenvalue weighted by molar-refractivity contribution is 7.90. The molecule has 2 heterocycles. The van der Waals surface area contributed by atoms with Gasteiger partial charge in [0.05, 0.1) is 18.0 Å². The first-order valence-corrected chi connectivity index (χ1v) is 8.25. The lowest BCUT2D eigenvalue weighted by atomic mass is 10.2. The highest BCUT2D eigenvalue weighted by Crippen LogP contribution is 2.34. The van der Waals surface area contributed by atoms with Gasteiger partial charge in [-0.25, -0.2) is 13.1 Å². The van der Waals surface area contributed by atoms with E-state index in [1.807, 2.05) is 12.1 Å². The molecular weight excluding hydrogens is 314 g/mol. The molecule has 3 N–H and O–H groups in total. The van der Waals surface area contributed by atoms with Crippen LogP contribution in [0.2, 0.25) is 0 Å². The molecule has 10 heteroatoms. The molecule has 0 atom stereocenters. The van der Waals surface area contributed by atoms with E-state index in [0.717, 1.165) is 4.70 Å². The number of nitrogens with one attached hydrogen (secondary N) is 2. The smallest absolute Gasteiger partial charge is 0.242 e. The lowest BCUT2D eigenvalue weighted by Gasteiger charge is -2.05. The van der Waals surface area contributed by atoms with Gasteiger partial charge in [-0.3, -0.25) is 0 Å². The summed E-state index contributed by atoms with van der Waals surface area (Å²) in [5, 5.41) is 23.0. The molecular formula is C11H11N5O3S2. The molecule has 0 amide bonds. The molecule has 0 aliphatic carbocycles. The summed E-state index contributed by atoms with van der Waals surface area (Å²) in [6.45, 7) is -0.411. The highest BCUT2D eigenvalue weighted by atomic mass is 32.2. The van der Waals surface area contributed by atoms with E-state index in [0.29, 0.717) is 10.3 Å². The highest BCUT2D eigenvalue weighted by Gasteiger charge is 2.24. The van der Waals surface area contributed by atoms with Crippen molar-refractivity contribution in [2.45, 2.75) is 18.0 Å². The van der Waals surface area contributed by atoms with E-state index in [9.17, 15) is 13.5 Å². The lowest BCUT2D eigenvalue weighted by molar-refractivity contribution is 0.283. The maximum atomic E-state index is 12.5. The summed E-state index contributed by atoms with van der Waals surface area (Å²) in [4.78, 5) is 0.505. The van der Waals surface area contributed by atoms with Gasteiger partial charge in [0.15, 0.2) is 5.82 Å². The molecule has 0 fully saturated rings. The van der Waals surface area contributed by atoms with Crippen molar-refractivity contribution in [2.75, 3.05) is 0 Å². The van der Waals surface area contributed by atoms with Crippen molar-refractivity contribution < 1.29 is 13.5 Å². The molecule has 2 aromatic heterocycles. The topological polar surface area (TPSA) is 121 Å². The standard InChI is InChI=1S/C11H11N5O3S2/c17-6-9-11(7-3-1-2-4-8(7)20-9)21(18,19)12-5-10-13-15-16-14-10/h1-4,12,17H,5-6H2,(H,13,14,15,16). The van der Waals surface area contributed by atoms with Crippen LogP contribution in [0.4, 0.5) is 0 Å². The van der Waals surface area contributed by atoms with Crippen molar-refractivity contribution >= 4 is 31.4 Å². The molecule has 0 unspecified atom stereocenters. The van der Waals surface area contributed by atoms with Gasteiger partial charge in [-0.2, -0.15) is 5.21 Å². The van der Waals surface area contributed by atoms with Crippen LogP contribution in [0.25, 0.3) is 10.1 Å².